The number of aromatic nitrogens is 2. The van der Waals surface area contributed by atoms with E-state index >= 15 is 0 Å². The monoisotopic (exact) mass is 354 g/mol. The van der Waals surface area contributed by atoms with Gasteiger partial charge in [-0.2, -0.15) is 0 Å². The number of hydrogen-bond donors (Lipinski definition) is 2. The zero-order chi connectivity index (χ0) is 15.8. The number of carbonyl (C=O) groups excluding carboxylic acids is 1. The fraction of sp³-hybridized carbons (Fsp3) is 0.214. The number of halogens is 1. The Morgan fingerprint density at radius 1 is 1.45 bits per heavy atom. The van der Waals surface area contributed by atoms with Crippen molar-refractivity contribution in [2.45, 2.75) is 10.8 Å². The third-order valence-electron chi connectivity index (χ3n) is 2.47. The Labute approximate surface area is 142 Å². The highest BCUT2D eigenvalue weighted by atomic mass is 35.5. The van der Waals surface area contributed by atoms with E-state index in [-0.39, 0.29) is 5.91 Å². The van der Waals surface area contributed by atoms with E-state index in [0.29, 0.717) is 29.4 Å². The smallest absolute Gasteiger partial charge is 0.225 e. The van der Waals surface area contributed by atoms with Gasteiger partial charge in [0, 0.05) is 29.4 Å². The number of benzene rings is 1. The van der Waals surface area contributed by atoms with Gasteiger partial charge in [-0.1, -0.05) is 46.8 Å². The van der Waals surface area contributed by atoms with Gasteiger partial charge in [-0.3, -0.25) is 4.79 Å². The summed E-state index contributed by atoms with van der Waals surface area (Å²) >= 11 is 8.84. The number of anilines is 2. The zero-order valence-electron chi connectivity index (χ0n) is 11.7. The van der Waals surface area contributed by atoms with E-state index in [2.05, 4.69) is 27.4 Å². The highest BCUT2D eigenvalue weighted by molar-refractivity contribution is 8.01. The van der Waals surface area contributed by atoms with Gasteiger partial charge >= 0.3 is 0 Å². The van der Waals surface area contributed by atoms with Crippen LogP contribution in [0.1, 0.15) is 6.42 Å². The Kier molecular flexibility index (Phi) is 6.70. The SMILES string of the molecule is C=CCNc1nnc(SCCC(=O)Nc2cccc(Cl)c2)s1. The molecule has 0 spiro atoms. The lowest BCUT2D eigenvalue weighted by Crippen LogP contribution is -2.11. The van der Waals surface area contributed by atoms with E-state index in [0.717, 1.165) is 9.47 Å². The molecule has 2 N–H and O–H groups in total. The summed E-state index contributed by atoms with van der Waals surface area (Å²) in [5.41, 5.74) is 0.703. The van der Waals surface area contributed by atoms with E-state index < -0.39 is 0 Å². The molecular weight excluding hydrogens is 340 g/mol. The van der Waals surface area contributed by atoms with Crippen molar-refractivity contribution in [1.29, 1.82) is 0 Å². The highest BCUT2D eigenvalue weighted by Gasteiger charge is 2.07. The molecule has 1 heterocycles. The van der Waals surface area contributed by atoms with Gasteiger partial charge in [-0.25, -0.2) is 0 Å². The lowest BCUT2D eigenvalue weighted by molar-refractivity contribution is -0.115. The molecule has 2 aromatic rings. The Morgan fingerprint density at radius 2 is 2.32 bits per heavy atom. The lowest BCUT2D eigenvalue weighted by atomic mass is 10.3. The third-order valence-corrected chi connectivity index (χ3v) is 4.72. The molecule has 116 valence electrons. The summed E-state index contributed by atoms with van der Waals surface area (Å²) in [4.78, 5) is 11.8. The molecular formula is C14H15ClN4OS2. The fourth-order valence-corrected chi connectivity index (χ4v) is 3.48. The molecule has 0 bridgehead atoms. The number of nitrogens with zero attached hydrogens (tertiary/aromatic N) is 2. The summed E-state index contributed by atoms with van der Waals surface area (Å²) in [6.45, 7) is 4.28. The predicted molar refractivity (Wildman–Crippen MR) is 94.0 cm³/mol. The van der Waals surface area contributed by atoms with Crippen LogP contribution in [0, 0.1) is 0 Å². The number of nitrogens with one attached hydrogen (secondary N) is 2. The maximum absolute atomic E-state index is 11.8. The van der Waals surface area contributed by atoms with E-state index in [1.54, 1.807) is 30.3 Å². The Balaban J connectivity index is 1.72. The van der Waals surface area contributed by atoms with Crippen LogP contribution >= 0.6 is 34.7 Å². The maximum Gasteiger partial charge on any atom is 0.225 e. The first-order chi connectivity index (χ1) is 10.7. The van der Waals surface area contributed by atoms with Crippen molar-refractivity contribution in [3.63, 3.8) is 0 Å². The second-order valence-corrected chi connectivity index (χ2v) is 6.96. The van der Waals surface area contributed by atoms with Crippen LogP contribution in [0.3, 0.4) is 0 Å². The molecule has 1 amide bonds. The molecule has 2 rings (SSSR count). The highest BCUT2D eigenvalue weighted by Crippen LogP contribution is 2.26. The maximum atomic E-state index is 11.8. The first-order valence-corrected chi connectivity index (χ1v) is 8.72. The van der Waals surface area contributed by atoms with Gasteiger partial charge in [-0.15, -0.1) is 16.8 Å². The van der Waals surface area contributed by atoms with Gasteiger partial charge in [-0.05, 0) is 18.2 Å². The van der Waals surface area contributed by atoms with Gasteiger partial charge in [0.15, 0.2) is 4.34 Å². The molecule has 1 aromatic carbocycles. The van der Waals surface area contributed by atoms with Crippen LogP contribution < -0.4 is 10.6 Å². The number of rotatable bonds is 8. The summed E-state index contributed by atoms with van der Waals surface area (Å²) < 4.78 is 0.835. The van der Waals surface area contributed by atoms with Gasteiger partial charge < -0.3 is 10.6 Å². The zero-order valence-corrected chi connectivity index (χ0v) is 14.1. The summed E-state index contributed by atoms with van der Waals surface area (Å²) in [5, 5.41) is 15.3. The summed E-state index contributed by atoms with van der Waals surface area (Å²) in [6, 6.07) is 7.08. The minimum atomic E-state index is -0.0516. The van der Waals surface area contributed by atoms with Crippen molar-refractivity contribution < 1.29 is 4.79 Å². The minimum Gasteiger partial charge on any atom is -0.357 e. The molecule has 0 aliphatic carbocycles. The van der Waals surface area contributed by atoms with E-state index in [9.17, 15) is 4.79 Å². The topological polar surface area (TPSA) is 66.9 Å². The van der Waals surface area contributed by atoms with Crippen LogP contribution in [0.5, 0.6) is 0 Å². The molecule has 8 heteroatoms. The second-order valence-electron chi connectivity index (χ2n) is 4.20. The number of thioether (sulfide) groups is 1. The second kappa shape index (κ2) is 8.77. The molecule has 0 unspecified atom stereocenters. The molecule has 0 saturated carbocycles. The number of hydrogen-bond acceptors (Lipinski definition) is 6. The number of amides is 1. The first kappa shape index (κ1) is 16.8. The van der Waals surface area contributed by atoms with Crippen LogP contribution in [0.2, 0.25) is 5.02 Å². The minimum absolute atomic E-state index is 0.0516. The fourth-order valence-electron chi connectivity index (χ4n) is 1.52. The van der Waals surface area contributed by atoms with Crippen LogP contribution in [0.4, 0.5) is 10.8 Å². The Morgan fingerprint density at radius 3 is 3.09 bits per heavy atom. The average molecular weight is 355 g/mol. The van der Waals surface area contributed by atoms with Crippen molar-refractivity contribution >= 4 is 51.4 Å². The Hall–Kier alpha value is -1.57. The van der Waals surface area contributed by atoms with Crippen LogP contribution in [0.25, 0.3) is 0 Å². The molecule has 0 saturated heterocycles. The van der Waals surface area contributed by atoms with Crippen molar-refractivity contribution in [2.24, 2.45) is 0 Å². The van der Waals surface area contributed by atoms with E-state index in [1.807, 2.05) is 0 Å². The van der Waals surface area contributed by atoms with Crippen molar-refractivity contribution in [1.82, 2.24) is 10.2 Å². The Bertz CT molecular complexity index is 647. The van der Waals surface area contributed by atoms with Gasteiger partial charge in [0.1, 0.15) is 0 Å². The lowest BCUT2D eigenvalue weighted by Gasteiger charge is -2.04. The first-order valence-electron chi connectivity index (χ1n) is 6.54. The van der Waals surface area contributed by atoms with E-state index in [4.69, 9.17) is 11.6 Å². The molecule has 0 aliphatic rings. The van der Waals surface area contributed by atoms with Crippen LogP contribution in [-0.4, -0.2) is 28.4 Å². The summed E-state index contributed by atoms with van der Waals surface area (Å²) in [6.07, 6.45) is 2.15. The largest absolute Gasteiger partial charge is 0.357 e. The summed E-state index contributed by atoms with van der Waals surface area (Å²) in [5.74, 6) is 0.590. The molecule has 0 fully saturated rings. The molecule has 0 aliphatic heterocycles. The number of carbonyl (C=O) groups is 1. The predicted octanol–water partition coefficient (Wildman–Crippen LogP) is 3.91. The van der Waals surface area contributed by atoms with Gasteiger partial charge in [0.2, 0.25) is 11.0 Å². The van der Waals surface area contributed by atoms with E-state index in [1.165, 1.54) is 23.1 Å². The molecule has 22 heavy (non-hydrogen) atoms. The van der Waals surface area contributed by atoms with Crippen molar-refractivity contribution in [3.8, 4) is 0 Å². The van der Waals surface area contributed by atoms with Crippen LogP contribution in [-0.2, 0) is 4.79 Å². The molecule has 5 nitrogen and oxygen atoms in total. The van der Waals surface area contributed by atoms with Gasteiger partial charge in [0.05, 0.1) is 0 Å². The quantitative estimate of drug-likeness (QED) is 0.555. The third kappa shape index (κ3) is 5.67. The molecule has 0 radical (unpaired) electrons. The van der Waals surface area contributed by atoms with Crippen molar-refractivity contribution in [2.75, 3.05) is 22.9 Å². The van der Waals surface area contributed by atoms with Gasteiger partial charge in [0.25, 0.3) is 0 Å². The molecule has 0 atom stereocenters. The molecule has 1 aromatic heterocycles. The average Bonchev–Trinajstić information content (AvgIpc) is 2.93. The summed E-state index contributed by atoms with van der Waals surface area (Å²) in [7, 11) is 0. The van der Waals surface area contributed by atoms with Crippen molar-refractivity contribution in [3.05, 3.63) is 41.9 Å². The normalized spacial score (nSPS) is 10.2. The van der Waals surface area contributed by atoms with Crippen LogP contribution in [0.15, 0.2) is 41.3 Å². The standard InChI is InChI=1S/C14H15ClN4OS2/c1-2-7-16-13-18-19-14(22-13)21-8-6-12(20)17-11-5-3-4-10(15)9-11/h2-5,9H,1,6-8H2,(H,16,18)(H,17,20).